The average molecular weight is 418 g/mol. The first-order valence-corrected chi connectivity index (χ1v) is 10.8. The van der Waals surface area contributed by atoms with E-state index in [1.165, 1.54) is 25.9 Å². The molecule has 31 heavy (non-hydrogen) atoms. The monoisotopic (exact) mass is 417 g/mol. The van der Waals surface area contributed by atoms with Gasteiger partial charge >= 0.3 is 0 Å². The van der Waals surface area contributed by atoms with Gasteiger partial charge in [0.15, 0.2) is 0 Å². The average Bonchev–Trinajstić information content (AvgIpc) is 3.48. The molecule has 2 N–H and O–H groups in total. The minimum atomic E-state index is -0.0861. The zero-order valence-corrected chi connectivity index (χ0v) is 17.9. The number of carbonyl (C=O) groups is 1. The third-order valence-electron chi connectivity index (χ3n) is 5.63. The van der Waals surface area contributed by atoms with Crippen molar-refractivity contribution in [2.24, 2.45) is 0 Å². The summed E-state index contributed by atoms with van der Waals surface area (Å²) in [6.45, 7) is 4.11. The maximum Gasteiger partial charge on any atom is 0.244 e. The molecule has 0 bridgehead atoms. The fraction of sp³-hybridized carbons (Fsp3) is 0.280. The molecule has 1 saturated heterocycles. The highest BCUT2D eigenvalue weighted by molar-refractivity contribution is 5.93. The second-order valence-corrected chi connectivity index (χ2v) is 7.74. The van der Waals surface area contributed by atoms with Crippen LogP contribution in [0.1, 0.15) is 18.4 Å². The molecule has 0 atom stereocenters. The maximum atomic E-state index is 12.4. The molecule has 4 rings (SSSR count). The molecule has 1 amide bonds. The molecule has 6 nitrogen and oxygen atoms in total. The molecule has 1 aliphatic heterocycles. The molecule has 160 valence electrons. The Kier molecular flexibility index (Phi) is 6.79. The summed E-state index contributed by atoms with van der Waals surface area (Å²) >= 11 is 0. The fourth-order valence-electron chi connectivity index (χ4n) is 3.98. The quantitative estimate of drug-likeness (QED) is 0.553. The molecule has 1 aromatic heterocycles. The topological polar surface area (TPSA) is 60.6 Å². The predicted octanol–water partition coefficient (Wildman–Crippen LogP) is 2.36. The molecule has 0 spiro atoms. The van der Waals surface area contributed by atoms with E-state index in [0.717, 1.165) is 34.8 Å². The van der Waals surface area contributed by atoms with Crippen LogP contribution in [0.25, 0.3) is 23.0 Å². The maximum absolute atomic E-state index is 12.4. The van der Waals surface area contributed by atoms with Crippen molar-refractivity contribution in [3.8, 4) is 22.7 Å². The smallest absolute Gasteiger partial charge is 0.244 e. The van der Waals surface area contributed by atoms with Gasteiger partial charge in [0.05, 0.1) is 39.0 Å². The third-order valence-corrected chi connectivity index (χ3v) is 5.63. The number of methoxy groups -OCH3 is 1. The second kappa shape index (κ2) is 10.1. The zero-order valence-electron chi connectivity index (χ0n) is 17.9. The van der Waals surface area contributed by atoms with Gasteiger partial charge in [-0.05, 0) is 30.3 Å². The van der Waals surface area contributed by atoms with E-state index in [-0.39, 0.29) is 5.91 Å². The van der Waals surface area contributed by atoms with Gasteiger partial charge in [-0.3, -0.25) is 4.79 Å². The zero-order chi connectivity index (χ0) is 21.5. The van der Waals surface area contributed by atoms with Crippen molar-refractivity contribution in [2.45, 2.75) is 12.8 Å². The Hall–Kier alpha value is -3.38. The normalized spacial score (nSPS) is 14.2. The lowest BCUT2D eigenvalue weighted by molar-refractivity contribution is -0.886. The molecule has 6 heteroatoms. The van der Waals surface area contributed by atoms with Crippen LogP contribution in [0.2, 0.25) is 0 Å². The first-order chi connectivity index (χ1) is 15.2. The van der Waals surface area contributed by atoms with Crippen molar-refractivity contribution in [1.29, 1.82) is 0 Å². The van der Waals surface area contributed by atoms with E-state index in [1.54, 1.807) is 18.1 Å². The van der Waals surface area contributed by atoms with Crippen molar-refractivity contribution in [3.05, 3.63) is 72.4 Å². The Morgan fingerprint density at radius 3 is 2.65 bits per heavy atom. The van der Waals surface area contributed by atoms with Crippen LogP contribution in [0.4, 0.5) is 0 Å². The lowest BCUT2D eigenvalue weighted by Crippen LogP contribution is -3.10. The summed E-state index contributed by atoms with van der Waals surface area (Å²) in [5.41, 5.74) is 3.47. The number of ether oxygens (including phenoxy) is 1. The molecule has 0 saturated carbocycles. The van der Waals surface area contributed by atoms with E-state index in [2.05, 4.69) is 5.32 Å². The van der Waals surface area contributed by atoms with Crippen LogP contribution in [0.3, 0.4) is 0 Å². The number of nitrogens with zero attached hydrogens (tertiary/aromatic N) is 2. The molecule has 0 radical (unpaired) electrons. The van der Waals surface area contributed by atoms with E-state index < -0.39 is 0 Å². The minimum Gasteiger partial charge on any atom is -0.496 e. The van der Waals surface area contributed by atoms with Crippen LogP contribution < -0.4 is 15.0 Å². The second-order valence-electron chi connectivity index (χ2n) is 7.74. The van der Waals surface area contributed by atoms with Gasteiger partial charge in [0.2, 0.25) is 5.91 Å². The molecular weight excluding hydrogens is 388 g/mol. The first kappa shape index (κ1) is 20.9. The van der Waals surface area contributed by atoms with Gasteiger partial charge in [-0.15, -0.1) is 0 Å². The molecule has 2 aromatic carbocycles. The standard InChI is InChI=1S/C25H28N4O2/c1-31-23-12-6-5-11-22(23)25-20(19-29(27-25)21-9-3-2-4-10-21)13-14-24(30)26-15-18-28-16-7-8-17-28/h2-6,9-14,19H,7-8,15-18H2,1H3,(H,26,30)/p+1/b14-13+. The van der Waals surface area contributed by atoms with Crippen molar-refractivity contribution in [2.75, 3.05) is 33.3 Å². The van der Waals surface area contributed by atoms with Gasteiger partial charge < -0.3 is 15.0 Å². The third kappa shape index (κ3) is 5.22. The van der Waals surface area contributed by atoms with Gasteiger partial charge in [0, 0.05) is 36.2 Å². The van der Waals surface area contributed by atoms with E-state index in [4.69, 9.17) is 9.84 Å². The number of rotatable bonds is 8. The number of aromatic nitrogens is 2. The summed E-state index contributed by atoms with van der Waals surface area (Å²) in [7, 11) is 1.65. The molecule has 3 aromatic rings. The number of para-hydroxylation sites is 2. The molecule has 2 heterocycles. The Bertz CT molecular complexity index is 1040. The predicted molar refractivity (Wildman–Crippen MR) is 122 cm³/mol. The number of hydrogen-bond acceptors (Lipinski definition) is 3. The van der Waals surface area contributed by atoms with E-state index >= 15 is 0 Å². The van der Waals surface area contributed by atoms with Crippen LogP contribution >= 0.6 is 0 Å². The van der Waals surface area contributed by atoms with Crippen molar-refractivity contribution >= 4 is 12.0 Å². The Balaban J connectivity index is 1.55. The van der Waals surface area contributed by atoms with Crippen LogP contribution in [0.15, 0.2) is 66.9 Å². The molecule has 1 aliphatic rings. The van der Waals surface area contributed by atoms with Gasteiger partial charge in [-0.2, -0.15) is 5.10 Å². The van der Waals surface area contributed by atoms with Crippen molar-refractivity contribution < 1.29 is 14.4 Å². The van der Waals surface area contributed by atoms with Gasteiger partial charge in [-0.1, -0.05) is 30.3 Å². The number of quaternary nitrogens is 1. The van der Waals surface area contributed by atoms with Crippen molar-refractivity contribution in [1.82, 2.24) is 15.1 Å². The lowest BCUT2D eigenvalue weighted by atomic mass is 10.1. The number of amides is 1. The molecular formula is C25H29N4O2+. The lowest BCUT2D eigenvalue weighted by Gasteiger charge is -2.11. The minimum absolute atomic E-state index is 0.0861. The highest BCUT2D eigenvalue weighted by Crippen LogP contribution is 2.32. The molecule has 0 unspecified atom stereocenters. The summed E-state index contributed by atoms with van der Waals surface area (Å²) in [4.78, 5) is 14.0. The Labute approximate surface area is 183 Å². The van der Waals surface area contributed by atoms with Crippen LogP contribution in [-0.2, 0) is 4.79 Å². The highest BCUT2D eigenvalue weighted by atomic mass is 16.5. The number of likely N-dealkylation sites (tertiary alicyclic amines) is 1. The first-order valence-electron chi connectivity index (χ1n) is 10.8. The number of benzene rings is 2. The van der Waals surface area contributed by atoms with Crippen LogP contribution in [-0.4, -0.2) is 49.0 Å². The van der Waals surface area contributed by atoms with Crippen LogP contribution in [0.5, 0.6) is 5.75 Å². The SMILES string of the molecule is COc1ccccc1-c1nn(-c2ccccc2)cc1/C=C/C(=O)NCC[NH+]1CCCC1. The van der Waals surface area contributed by atoms with Crippen molar-refractivity contribution in [3.63, 3.8) is 0 Å². The van der Waals surface area contributed by atoms with Gasteiger partial charge in [-0.25, -0.2) is 4.68 Å². The summed E-state index contributed by atoms with van der Waals surface area (Å²) in [5, 5.41) is 7.80. The largest absolute Gasteiger partial charge is 0.496 e. The van der Waals surface area contributed by atoms with E-state index in [1.807, 2.05) is 71.6 Å². The van der Waals surface area contributed by atoms with Gasteiger partial charge in [0.1, 0.15) is 11.4 Å². The molecule has 1 fully saturated rings. The fourth-order valence-corrected chi connectivity index (χ4v) is 3.98. The van der Waals surface area contributed by atoms with Gasteiger partial charge in [0.25, 0.3) is 0 Å². The number of carbonyl (C=O) groups excluding carboxylic acids is 1. The summed E-state index contributed by atoms with van der Waals surface area (Å²) in [6.07, 6.45) is 7.94. The van der Waals surface area contributed by atoms with E-state index in [9.17, 15) is 4.79 Å². The Morgan fingerprint density at radius 2 is 1.87 bits per heavy atom. The number of hydrogen-bond donors (Lipinski definition) is 2. The molecule has 0 aliphatic carbocycles. The highest BCUT2D eigenvalue weighted by Gasteiger charge is 2.16. The Morgan fingerprint density at radius 1 is 1.13 bits per heavy atom. The van der Waals surface area contributed by atoms with Crippen LogP contribution in [0, 0.1) is 0 Å². The summed E-state index contributed by atoms with van der Waals surface area (Å²) < 4.78 is 7.37. The van der Waals surface area contributed by atoms with E-state index in [0.29, 0.717) is 6.54 Å². The summed E-state index contributed by atoms with van der Waals surface area (Å²) in [5.74, 6) is 0.658. The number of nitrogens with one attached hydrogen (secondary N) is 2. The summed E-state index contributed by atoms with van der Waals surface area (Å²) in [6, 6.07) is 17.7.